The molecule has 160 valence electrons. The van der Waals surface area contributed by atoms with Crippen molar-refractivity contribution in [3.63, 3.8) is 0 Å². The SMILES string of the molecule is CCc1ccccc1N1C[C@@H](C(=O)Oc2ccc(N3C(=O)CCC3=O)c(C)c2)CC1=O. The Morgan fingerprint density at radius 1 is 1.00 bits per heavy atom. The van der Waals surface area contributed by atoms with E-state index < -0.39 is 11.9 Å². The fraction of sp³-hybridized carbons (Fsp3) is 0.333. The number of benzene rings is 2. The number of nitrogens with zero attached hydrogens (tertiary/aromatic N) is 2. The van der Waals surface area contributed by atoms with E-state index in [1.165, 1.54) is 4.90 Å². The number of carbonyl (C=O) groups excluding carboxylic acids is 4. The van der Waals surface area contributed by atoms with Crippen LogP contribution in [0.15, 0.2) is 42.5 Å². The summed E-state index contributed by atoms with van der Waals surface area (Å²) in [7, 11) is 0. The zero-order chi connectivity index (χ0) is 22.1. The first-order chi connectivity index (χ1) is 14.9. The number of imide groups is 1. The number of anilines is 2. The van der Waals surface area contributed by atoms with E-state index in [0.29, 0.717) is 17.0 Å². The second-order valence-corrected chi connectivity index (χ2v) is 7.88. The van der Waals surface area contributed by atoms with Crippen molar-refractivity contribution >= 4 is 35.1 Å². The lowest BCUT2D eigenvalue weighted by Gasteiger charge is -2.20. The number of amides is 3. The maximum absolute atomic E-state index is 12.7. The molecule has 2 aromatic carbocycles. The van der Waals surface area contributed by atoms with Gasteiger partial charge in [-0.05, 0) is 48.7 Å². The summed E-state index contributed by atoms with van der Waals surface area (Å²) in [4.78, 5) is 52.1. The lowest BCUT2D eigenvalue weighted by atomic mass is 10.1. The molecule has 3 amide bonds. The van der Waals surface area contributed by atoms with E-state index >= 15 is 0 Å². The molecule has 4 rings (SSSR count). The molecule has 31 heavy (non-hydrogen) atoms. The van der Waals surface area contributed by atoms with Crippen molar-refractivity contribution in [2.75, 3.05) is 16.3 Å². The highest BCUT2D eigenvalue weighted by atomic mass is 16.5. The molecule has 7 heteroatoms. The Labute approximate surface area is 180 Å². The van der Waals surface area contributed by atoms with Crippen molar-refractivity contribution < 1.29 is 23.9 Å². The Bertz CT molecular complexity index is 1060. The average Bonchev–Trinajstić information content (AvgIpc) is 3.30. The molecule has 2 aliphatic rings. The number of carbonyl (C=O) groups is 4. The van der Waals surface area contributed by atoms with E-state index in [0.717, 1.165) is 17.7 Å². The molecular weight excluding hydrogens is 396 g/mol. The second-order valence-electron chi connectivity index (χ2n) is 7.88. The molecule has 0 radical (unpaired) electrons. The van der Waals surface area contributed by atoms with E-state index in [1.807, 2.05) is 31.2 Å². The Kier molecular flexibility index (Phi) is 5.59. The minimum Gasteiger partial charge on any atom is -0.426 e. The molecule has 0 aliphatic carbocycles. The van der Waals surface area contributed by atoms with Crippen molar-refractivity contribution in [3.05, 3.63) is 53.6 Å². The number of rotatable bonds is 5. The van der Waals surface area contributed by atoms with Crippen LogP contribution in [-0.4, -0.2) is 30.2 Å². The van der Waals surface area contributed by atoms with Crippen LogP contribution in [0.3, 0.4) is 0 Å². The lowest BCUT2D eigenvalue weighted by molar-refractivity contribution is -0.139. The van der Waals surface area contributed by atoms with Gasteiger partial charge in [0, 0.05) is 31.5 Å². The monoisotopic (exact) mass is 420 g/mol. The molecule has 0 spiro atoms. The summed E-state index contributed by atoms with van der Waals surface area (Å²) in [5.74, 6) is -1.25. The van der Waals surface area contributed by atoms with Gasteiger partial charge in [-0.1, -0.05) is 25.1 Å². The van der Waals surface area contributed by atoms with Crippen molar-refractivity contribution in [1.82, 2.24) is 0 Å². The Hall–Kier alpha value is -3.48. The minimum absolute atomic E-state index is 0.0968. The van der Waals surface area contributed by atoms with Gasteiger partial charge in [0.25, 0.3) is 0 Å². The van der Waals surface area contributed by atoms with Crippen molar-refractivity contribution in [2.45, 2.75) is 39.5 Å². The molecule has 2 heterocycles. The van der Waals surface area contributed by atoms with Crippen LogP contribution in [0.2, 0.25) is 0 Å². The number of hydrogen-bond donors (Lipinski definition) is 0. The summed E-state index contributed by atoms with van der Waals surface area (Å²) in [6.07, 6.45) is 1.32. The van der Waals surface area contributed by atoms with Crippen LogP contribution >= 0.6 is 0 Å². The third-order valence-electron chi connectivity index (χ3n) is 5.80. The molecule has 0 bridgehead atoms. The fourth-order valence-corrected chi connectivity index (χ4v) is 4.16. The molecule has 2 aliphatic heterocycles. The van der Waals surface area contributed by atoms with Crippen molar-refractivity contribution in [3.8, 4) is 5.75 Å². The van der Waals surface area contributed by atoms with Gasteiger partial charge in [-0.2, -0.15) is 0 Å². The van der Waals surface area contributed by atoms with Crippen LogP contribution < -0.4 is 14.5 Å². The van der Waals surface area contributed by atoms with Gasteiger partial charge in [0.05, 0.1) is 11.6 Å². The smallest absolute Gasteiger partial charge is 0.316 e. The third kappa shape index (κ3) is 3.95. The molecule has 7 nitrogen and oxygen atoms in total. The molecular formula is C24H24N2O5. The predicted octanol–water partition coefficient (Wildman–Crippen LogP) is 3.17. The number of aryl methyl sites for hydroxylation is 2. The molecule has 0 saturated carbocycles. The summed E-state index contributed by atoms with van der Waals surface area (Å²) in [5.41, 5.74) is 3.06. The van der Waals surface area contributed by atoms with Crippen LogP contribution in [0.1, 0.15) is 37.3 Å². The number of esters is 1. The Balaban J connectivity index is 1.46. The molecule has 2 aromatic rings. The topological polar surface area (TPSA) is 84.0 Å². The number of para-hydroxylation sites is 1. The minimum atomic E-state index is -0.556. The van der Waals surface area contributed by atoms with E-state index in [4.69, 9.17) is 4.74 Å². The van der Waals surface area contributed by atoms with Crippen LogP contribution in [0.5, 0.6) is 5.75 Å². The normalized spacial score (nSPS) is 18.8. The average molecular weight is 420 g/mol. The van der Waals surface area contributed by atoms with Gasteiger partial charge in [-0.15, -0.1) is 0 Å². The molecule has 0 aromatic heterocycles. The van der Waals surface area contributed by atoms with E-state index in [9.17, 15) is 19.2 Å². The standard InChI is InChI=1S/C24H24N2O5/c1-3-16-6-4-5-7-20(16)25-14-17(13-23(25)29)24(30)31-18-8-9-19(15(2)12-18)26-21(27)10-11-22(26)28/h4-9,12,17H,3,10-11,13-14H2,1-2H3/t17-/m0/s1. The van der Waals surface area contributed by atoms with Crippen LogP contribution in [-0.2, 0) is 25.6 Å². The lowest BCUT2D eigenvalue weighted by Crippen LogP contribution is -2.29. The molecule has 0 N–H and O–H groups in total. The Morgan fingerprint density at radius 2 is 1.71 bits per heavy atom. The van der Waals surface area contributed by atoms with Crippen LogP contribution in [0.25, 0.3) is 0 Å². The number of hydrogen-bond acceptors (Lipinski definition) is 5. The zero-order valence-electron chi connectivity index (χ0n) is 17.6. The quantitative estimate of drug-likeness (QED) is 0.421. The maximum atomic E-state index is 12.7. The van der Waals surface area contributed by atoms with E-state index in [1.54, 1.807) is 30.0 Å². The van der Waals surface area contributed by atoms with Gasteiger partial charge in [0.15, 0.2) is 0 Å². The Morgan fingerprint density at radius 3 is 2.39 bits per heavy atom. The van der Waals surface area contributed by atoms with Crippen molar-refractivity contribution in [1.29, 1.82) is 0 Å². The van der Waals surface area contributed by atoms with Gasteiger partial charge in [-0.25, -0.2) is 0 Å². The summed E-state index contributed by atoms with van der Waals surface area (Å²) >= 11 is 0. The first kappa shape index (κ1) is 20.8. The van der Waals surface area contributed by atoms with Gasteiger partial charge >= 0.3 is 5.97 Å². The van der Waals surface area contributed by atoms with Crippen LogP contribution in [0.4, 0.5) is 11.4 Å². The van der Waals surface area contributed by atoms with E-state index in [-0.39, 0.29) is 43.5 Å². The highest BCUT2D eigenvalue weighted by Crippen LogP contribution is 2.31. The molecule has 2 saturated heterocycles. The summed E-state index contributed by atoms with van der Waals surface area (Å²) < 4.78 is 5.53. The van der Waals surface area contributed by atoms with Gasteiger partial charge in [0.1, 0.15) is 5.75 Å². The zero-order valence-corrected chi connectivity index (χ0v) is 17.6. The van der Waals surface area contributed by atoms with Gasteiger partial charge in [0.2, 0.25) is 17.7 Å². The predicted molar refractivity (Wildman–Crippen MR) is 115 cm³/mol. The first-order valence-corrected chi connectivity index (χ1v) is 10.5. The summed E-state index contributed by atoms with van der Waals surface area (Å²) in [6, 6.07) is 12.5. The van der Waals surface area contributed by atoms with E-state index in [2.05, 4.69) is 0 Å². The highest BCUT2D eigenvalue weighted by molar-refractivity contribution is 6.20. The van der Waals surface area contributed by atoms with Crippen LogP contribution in [0, 0.1) is 12.8 Å². The molecule has 2 fully saturated rings. The second kappa shape index (κ2) is 8.34. The largest absolute Gasteiger partial charge is 0.426 e. The highest BCUT2D eigenvalue weighted by Gasteiger charge is 2.37. The van der Waals surface area contributed by atoms with Gasteiger partial charge in [-0.3, -0.25) is 24.1 Å². The van der Waals surface area contributed by atoms with Gasteiger partial charge < -0.3 is 9.64 Å². The summed E-state index contributed by atoms with van der Waals surface area (Å²) in [5, 5.41) is 0. The first-order valence-electron chi connectivity index (χ1n) is 10.5. The molecule has 0 unspecified atom stereocenters. The molecule has 1 atom stereocenters. The van der Waals surface area contributed by atoms with Crippen molar-refractivity contribution in [2.24, 2.45) is 5.92 Å². The third-order valence-corrected chi connectivity index (χ3v) is 5.80. The maximum Gasteiger partial charge on any atom is 0.316 e. The summed E-state index contributed by atoms with van der Waals surface area (Å²) in [6.45, 7) is 4.07. The fourth-order valence-electron chi connectivity index (χ4n) is 4.16. The number of ether oxygens (including phenoxy) is 1.